The van der Waals surface area contributed by atoms with Gasteiger partial charge in [-0.3, -0.25) is 4.98 Å². The van der Waals surface area contributed by atoms with Gasteiger partial charge in [0, 0.05) is 54.2 Å². The largest absolute Gasteiger partial charge is 0.441 e. The van der Waals surface area contributed by atoms with Crippen molar-refractivity contribution < 1.29 is 4.42 Å². The van der Waals surface area contributed by atoms with Gasteiger partial charge in [0.25, 0.3) is 0 Å². The van der Waals surface area contributed by atoms with Crippen molar-refractivity contribution in [3.8, 4) is 11.4 Å². The molecule has 1 aliphatic heterocycles. The molecule has 2 aromatic carbocycles. The van der Waals surface area contributed by atoms with Crippen LogP contribution < -0.4 is 5.32 Å². The van der Waals surface area contributed by atoms with Crippen LogP contribution in [0.15, 0.2) is 52.0 Å². The van der Waals surface area contributed by atoms with Crippen LogP contribution in [-0.4, -0.2) is 37.0 Å². The highest BCUT2D eigenvalue weighted by Crippen LogP contribution is 2.32. The van der Waals surface area contributed by atoms with E-state index in [9.17, 15) is 0 Å². The molecular formula is C30H34N6OS. The first-order valence-corrected chi connectivity index (χ1v) is 14.6. The Kier molecular flexibility index (Phi) is 7.06. The molecule has 0 amide bonds. The van der Waals surface area contributed by atoms with E-state index in [0.29, 0.717) is 5.92 Å². The zero-order valence-corrected chi connectivity index (χ0v) is 23.1. The average molecular weight is 527 g/mol. The highest BCUT2D eigenvalue weighted by Gasteiger charge is 2.19. The fourth-order valence-electron chi connectivity index (χ4n) is 5.38. The second-order valence-electron chi connectivity index (χ2n) is 10.3. The molecule has 1 unspecified atom stereocenters. The second-order valence-corrected chi connectivity index (χ2v) is 11.4. The second kappa shape index (κ2) is 10.8. The lowest BCUT2D eigenvalue weighted by Gasteiger charge is -2.14. The van der Waals surface area contributed by atoms with E-state index < -0.39 is 0 Å². The lowest BCUT2D eigenvalue weighted by atomic mass is 9.97. The van der Waals surface area contributed by atoms with E-state index in [4.69, 9.17) is 4.42 Å². The highest BCUT2D eigenvalue weighted by molar-refractivity contribution is 7.99. The maximum Gasteiger partial charge on any atom is 0.195 e. The summed E-state index contributed by atoms with van der Waals surface area (Å²) in [6.45, 7) is 5.17. The maximum absolute atomic E-state index is 5.96. The minimum atomic E-state index is 0.652. The van der Waals surface area contributed by atoms with Gasteiger partial charge in [-0.05, 0) is 68.7 Å². The highest BCUT2D eigenvalue weighted by atomic mass is 32.2. The van der Waals surface area contributed by atoms with Crippen molar-refractivity contribution in [2.24, 2.45) is 13.0 Å². The van der Waals surface area contributed by atoms with Gasteiger partial charge in [-0.1, -0.05) is 36.9 Å². The van der Waals surface area contributed by atoms with Gasteiger partial charge in [0.2, 0.25) is 0 Å². The Bertz CT molecular complexity index is 1540. The number of thioether (sulfide) groups is 1. The molecule has 5 aromatic rings. The average Bonchev–Trinajstić information content (AvgIpc) is 3.41. The molecule has 7 nitrogen and oxygen atoms in total. The third-order valence-corrected chi connectivity index (χ3v) is 8.57. The molecule has 0 saturated carbocycles. The van der Waals surface area contributed by atoms with Crippen molar-refractivity contribution in [1.82, 2.24) is 24.7 Å². The van der Waals surface area contributed by atoms with Gasteiger partial charge in [-0.15, -0.1) is 10.2 Å². The molecule has 4 heterocycles. The third-order valence-electron chi connectivity index (χ3n) is 7.46. The van der Waals surface area contributed by atoms with Gasteiger partial charge in [-0.25, -0.2) is 4.98 Å². The van der Waals surface area contributed by atoms with Gasteiger partial charge in [-0.2, -0.15) is 0 Å². The summed E-state index contributed by atoms with van der Waals surface area (Å²) in [6.07, 6.45) is 6.56. The first kappa shape index (κ1) is 24.9. The Labute approximate surface area is 227 Å². The molecule has 3 aromatic heterocycles. The fourth-order valence-corrected chi connectivity index (χ4v) is 6.25. The number of aryl methyl sites for hydroxylation is 3. The molecule has 1 aliphatic rings. The number of anilines is 1. The number of oxazole rings is 1. The zero-order chi connectivity index (χ0) is 26.1. The summed E-state index contributed by atoms with van der Waals surface area (Å²) >= 11 is 1.79. The number of hydrogen-bond acceptors (Lipinski definition) is 7. The van der Waals surface area contributed by atoms with Crippen LogP contribution >= 0.6 is 11.8 Å². The van der Waals surface area contributed by atoms with Crippen LogP contribution in [0.25, 0.3) is 33.4 Å². The van der Waals surface area contributed by atoms with Crippen LogP contribution in [0.5, 0.6) is 0 Å². The van der Waals surface area contributed by atoms with Crippen LogP contribution in [-0.2, 0) is 19.9 Å². The van der Waals surface area contributed by atoms with E-state index >= 15 is 0 Å². The van der Waals surface area contributed by atoms with Crippen LogP contribution in [0.4, 0.5) is 5.69 Å². The molecule has 1 N–H and O–H groups in total. The zero-order valence-electron chi connectivity index (χ0n) is 22.3. The van der Waals surface area contributed by atoms with Crippen molar-refractivity contribution in [2.45, 2.75) is 57.5 Å². The Morgan fingerprint density at radius 2 is 2.03 bits per heavy atom. The summed E-state index contributed by atoms with van der Waals surface area (Å²) in [7, 11) is 2.06. The molecule has 0 fully saturated rings. The third kappa shape index (κ3) is 5.01. The summed E-state index contributed by atoms with van der Waals surface area (Å²) in [5.74, 6) is 3.41. The van der Waals surface area contributed by atoms with Gasteiger partial charge in [0.15, 0.2) is 22.5 Å². The molecule has 0 spiro atoms. The molecule has 0 bridgehead atoms. The van der Waals surface area contributed by atoms with E-state index in [-0.39, 0.29) is 0 Å². The molecule has 0 aliphatic carbocycles. The van der Waals surface area contributed by atoms with E-state index in [1.165, 1.54) is 24.1 Å². The minimum absolute atomic E-state index is 0.652. The van der Waals surface area contributed by atoms with Gasteiger partial charge in [0.05, 0.1) is 5.52 Å². The Morgan fingerprint density at radius 1 is 1.11 bits per heavy atom. The van der Waals surface area contributed by atoms with Crippen LogP contribution in [0, 0.1) is 12.8 Å². The quantitative estimate of drug-likeness (QED) is 0.172. The number of rotatable bonds is 8. The maximum atomic E-state index is 5.96. The number of aromatic nitrogens is 5. The predicted octanol–water partition coefficient (Wildman–Crippen LogP) is 6.98. The monoisotopic (exact) mass is 526 g/mol. The number of nitrogens with one attached hydrogen (secondary N) is 1. The van der Waals surface area contributed by atoms with Crippen molar-refractivity contribution in [2.75, 3.05) is 17.6 Å². The summed E-state index contributed by atoms with van der Waals surface area (Å²) < 4.78 is 8.07. The summed E-state index contributed by atoms with van der Waals surface area (Å²) in [5.41, 5.74) is 7.53. The minimum Gasteiger partial charge on any atom is -0.441 e. The van der Waals surface area contributed by atoms with Gasteiger partial charge in [0.1, 0.15) is 5.52 Å². The van der Waals surface area contributed by atoms with Crippen LogP contribution in [0.3, 0.4) is 0 Å². The van der Waals surface area contributed by atoms with Gasteiger partial charge < -0.3 is 14.3 Å². The number of nitrogens with zero attached hydrogens (tertiary/aromatic N) is 5. The van der Waals surface area contributed by atoms with E-state index in [2.05, 4.69) is 80.4 Å². The number of hydrogen-bond donors (Lipinski definition) is 1. The number of fused-ring (bicyclic) bond motifs is 3. The van der Waals surface area contributed by atoms with Crippen molar-refractivity contribution in [1.29, 1.82) is 0 Å². The van der Waals surface area contributed by atoms with Crippen LogP contribution in [0.1, 0.15) is 49.8 Å². The molecule has 6 rings (SSSR count). The smallest absolute Gasteiger partial charge is 0.195 e. The van der Waals surface area contributed by atoms with Crippen molar-refractivity contribution in [3.63, 3.8) is 0 Å². The molecule has 38 heavy (non-hydrogen) atoms. The summed E-state index contributed by atoms with van der Waals surface area (Å²) in [5, 5.41) is 14.8. The number of pyridine rings is 1. The Morgan fingerprint density at radius 3 is 2.92 bits per heavy atom. The topological polar surface area (TPSA) is 81.7 Å². The first-order chi connectivity index (χ1) is 18.6. The Hall–Kier alpha value is -3.39. The fraction of sp³-hybridized carbons (Fsp3) is 0.400. The predicted molar refractivity (Wildman–Crippen MR) is 155 cm³/mol. The molecule has 1 atom stereocenters. The van der Waals surface area contributed by atoms with E-state index in [1.54, 1.807) is 11.8 Å². The summed E-state index contributed by atoms with van der Waals surface area (Å²) in [6, 6.07) is 14.7. The lowest BCUT2D eigenvalue weighted by molar-refractivity contribution is 0.476. The molecule has 0 radical (unpaired) electrons. The lowest BCUT2D eigenvalue weighted by Crippen LogP contribution is -2.12. The van der Waals surface area contributed by atoms with E-state index in [1.807, 2.05) is 13.0 Å². The molecule has 196 valence electrons. The Balaban J connectivity index is 1.05. The molecule has 8 heteroatoms. The van der Waals surface area contributed by atoms with Crippen molar-refractivity contribution in [3.05, 3.63) is 59.6 Å². The molecular weight excluding hydrogens is 492 g/mol. The SMILES string of the molecule is CCCc1nc2cc3c(cc2o1)NCC(CCCSc1nnc(-c2cccc4nc(C)ccc24)n1C)CC3. The van der Waals surface area contributed by atoms with Crippen LogP contribution in [0.2, 0.25) is 0 Å². The van der Waals surface area contributed by atoms with Gasteiger partial charge >= 0.3 is 0 Å². The normalized spacial score (nSPS) is 15.5. The molecule has 0 saturated heterocycles. The first-order valence-electron chi connectivity index (χ1n) is 13.6. The standard InChI is InChI=1S/C30H34N6OS/c1-4-7-28-33-26-16-21-13-12-20(18-31-25(21)17-27(26)37-28)8-6-15-38-30-35-34-29(36(30)3)23-9-5-10-24-22(23)14-11-19(2)32-24/h5,9-11,14,16-17,20,31H,4,6-8,12-13,15,18H2,1-3H3. The number of benzene rings is 2. The van der Waals surface area contributed by atoms with E-state index in [0.717, 1.165) is 88.1 Å². The summed E-state index contributed by atoms with van der Waals surface area (Å²) in [4.78, 5) is 9.35. The van der Waals surface area contributed by atoms with Crippen molar-refractivity contribution >= 4 is 39.5 Å².